The van der Waals surface area contributed by atoms with Gasteiger partial charge in [-0.2, -0.15) is 5.11 Å². The van der Waals surface area contributed by atoms with E-state index in [1.165, 1.54) is 0 Å². The summed E-state index contributed by atoms with van der Waals surface area (Å²) in [6.07, 6.45) is 0. The van der Waals surface area contributed by atoms with E-state index in [-0.39, 0.29) is 0 Å². The number of hydrogen-bond donors (Lipinski definition) is 1. The SMILES string of the molecule is OOc1ccc(-c2ccc3cc2N=N3)cc1. The van der Waals surface area contributed by atoms with Gasteiger partial charge in [-0.15, -0.1) is 5.11 Å². The summed E-state index contributed by atoms with van der Waals surface area (Å²) in [4.78, 5) is 4.13. The van der Waals surface area contributed by atoms with Crippen molar-refractivity contribution >= 4 is 11.4 Å². The second-order valence-electron chi connectivity index (χ2n) is 3.52. The smallest absolute Gasteiger partial charge is 0.165 e. The molecule has 0 saturated carbocycles. The van der Waals surface area contributed by atoms with Crippen molar-refractivity contribution in [2.24, 2.45) is 10.2 Å². The molecule has 4 nitrogen and oxygen atoms in total. The van der Waals surface area contributed by atoms with Crippen LogP contribution < -0.4 is 4.89 Å². The van der Waals surface area contributed by atoms with Crippen LogP contribution in [0.4, 0.5) is 11.4 Å². The van der Waals surface area contributed by atoms with E-state index in [9.17, 15) is 0 Å². The van der Waals surface area contributed by atoms with Crippen LogP contribution >= 0.6 is 0 Å². The third-order valence-corrected chi connectivity index (χ3v) is 2.53. The Kier molecular flexibility index (Phi) is 1.94. The molecule has 1 aliphatic rings. The average Bonchev–Trinajstić information content (AvgIpc) is 2.72. The van der Waals surface area contributed by atoms with Gasteiger partial charge in [-0.1, -0.05) is 12.1 Å². The highest BCUT2D eigenvalue weighted by molar-refractivity contribution is 5.79. The maximum atomic E-state index is 8.47. The molecular formula is C12H8N2O2. The predicted molar refractivity (Wildman–Crippen MR) is 59.3 cm³/mol. The monoisotopic (exact) mass is 212 g/mol. The van der Waals surface area contributed by atoms with Crippen molar-refractivity contribution in [1.29, 1.82) is 0 Å². The van der Waals surface area contributed by atoms with Gasteiger partial charge in [0.1, 0.15) is 0 Å². The van der Waals surface area contributed by atoms with E-state index in [0.717, 1.165) is 22.5 Å². The van der Waals surface area contributed by atoms with E-state index in [0.29, 0.717) is 5.75 Å². The maximum Gasteiger partial charge on any atom is 0.165 e. The molecule has 0 unspecified atom stereocenters. The summed E-state index contributed by atoms with van der Waals surface area (Å²) in [7, 11) is 0. The zero-order chi connectivity index (χ0) is 11.0. The van der Waals surface area contributed by atoms with Crippen molar-refractivity contribution in [2.45, 2.75) is 0 Å². The summed E-state index contributed by atoms with van der Waals surface area (Å²) in [6, 6.07) is 13.0. The Labute approximate surface area is 91.8 Å². The predicted octanol–water partition coefficient (Wildman–Crippen LogP) is 3.93. The van der Waals surface area contributed by atoms with Gasteiger partial charge < -0.3 is 4.89 Å². The molecule has 0 amide bonds. The summed E-state index contributed by atoms with van der Waals surface area (Å²) in [5.74, 6) is 0.415. The standard InChI is InChI=1S/C12H8N2O2/c15-16-10-4-1-8(2-5-10)11-6-3-9-7-12(11)14-13-9/h1-7,15H. The molecular weight excluding hydrogens is 204 g/mol. The van der Waals surface area contributed by atoms with E-state index in [2.05, 4.69) is 15.1 Å². The van der Waals surface area contributed by atoms with E-state index in [1.54, 1.807) is 12.1 Å². The van der Waals surface area contributed by atoms with Gasteiger partial charge >= 0.3 is 0 Å². The number of benzene rings is 2. The molecule has 0 aromatic heterocycles. The number of nitrogens with zero attached hydrogens (tertiary/aromatic N) is 2. The molecule has 2 aromatic rings. The average molecular weight is 212 g/mol. The summed E-state index contributed by atoms with van der Waals surface area (Å²) in [6.45, 7) is 0. The molecule has 3 rings (SSSR count). The van der Waals surface area contributed by atoms with Gasteiger partial charge in [0, 0.05) is 5.56 Å². The molecule has 2 aromatic carbocycles. The van der Waals surface area contributed by atoms with E-state index >= 15 is 0 Å². The first kappa shape index (κ1) is 9.06. The molecule has 0 saturated heterocycles. The quantitative estimate of drug-likeness (QED) is 0.516. The molecule has 0 aliphatic carbocycles. The van der Waals surface area contributed by atoms with Crippen LogP contribution in [-0.2, 0) is 0 Å². The van der Waals surface area contributed by atoms with Gasteiger partial charge in [-0.05, 0) is 35.9 Å². The van der Waals surface area contributed by atoms with E-state index < -0.39 is 0 Å². The molecule has 16 heavy (non-hydrogen) atoms. The van der Waals surface area contributed by atoms with Crippen LogP contribution in [0.5, 0.6) is 5.75 Å². The number of hydrogen-bond acceptors (Lipinski definition) is 4. The Bertz CT molecular complexity index is 562. The highest BCUT2D eigenvalue weighted by Crippen LogP contribution is 2.38. The van der Waals surface area contributed by atoms with Crippen molar-refractivity contribution in [3.8, 4) is 16.9 Å². The molecule has 0 radical (unpaired) electrons. The molecule has 1 N–H and O–H groups in total. The lowest BCUT2D eigenvalue weighted by molar-refractivity contribution is -0.137. The minimum atomic E-state index is 0.415. The second kappa shape index (κ2) is 3.43. The van der Waals surface area contributed by atoms with Crippen molar-refractivity contribution in [3.05, 3.63) is 42.5 Å². The van der Waals surface area contributed by atoms with Gasteiger partial charge in [0.05, 0.1) is 11.4 Å². The minimum absolute atomic E-state index is 0.415. The van der Waals surface area contributed by atoms with Gasteiger partial charge in [0.25, 0.3) is 0 Å². The number of fused-ring (bicyclic) bond motifs is 2. The number of azo groups is 1. The Morgan fingerprint density at radius 1 is 0.938 bits per heavy atom. The molecule has 1 aliphatic heterocycles. The fourth-order valence-electron chi connectivity index (χ4n) is 1.72. The molecule has 0 spiro atoms. The van der Waals surface area contributed by atoms with Crippen LogP contribution in [0, 0.1) is 0 Å². The van der Waals surface area contributed by atoms with Crippen molar-refractivity contribution in [1.82, 2.24) is 0 Å². The van der Waals surface area contributed by atoms with Gasteiger partial charge in [0.2, 0.25) is 0 Å². The molecule has 78 valence electrons. The van der Waals surface area contributed by atoms with Crippen LogP contribution in [0.25, 0.3) is 11.1 Å². The lowest BCUT2D eigenvalue weighted by Crippen LogP contribution is -1.83. The van der Waals surface area contributed by atoms with Crippen molar-refractivity contribution < 1.29 is 10.1 Å². The van der Waals surface area contributed by atoms with Crippen LogP contribution in [0.2, 0.25) is 0 Å². The largest absolute Gasteiger partial charge is 0.340 e. The molecule has 4 heteroatoms. The lowest BCUT2D eigenvalue weighted by atomic mass is 10.0. The topological polar surface area (TPSA) is 54.2 Å². The first-order valence-electron chi connectivity index (χ1n) is 4.84. The Balaban J connectivity index is 2.07. The fourth-order valence-corrected chi connectivity index (χ4v) is 1.72. The summed E-state index contributed by atoms with van der Waals surface area (Å²) in [5, 5.41) is 16.5. The van der Waals surface area contributed by atoms with Gasteiger partial charge in [-0.3, -0.25) is 0 Å². The van der Waals surface area contributed by atoms with E-state index in [1.807, 2.05) is 30.3 Å². The van der Waals surface area contributed by atoms with Gasteiger partial charge in [0.15, 0.2) is 5.75 Å². The van der Waals surface area contributed by atoms with E-state index in [4.69, 9.17) is 5.26 Å². The molecule has 0 atom stereocenters. The van der Waals surface area contributed by atoms with Crippen molar-refractivity contribution in [3.63, 3.8) is 0 Å². The first-order valence-corrected chi connectivity index (χ1v) is 4.84. The normalized spacial score (nSPS) is 11.8. The Morgan fingerprint density at radius 3 is 2.50 bits per heavy atom. The Morgan fingerprint density at radius 2 is 1.75 bits per heavy atom. The van der Waals surface area contributed by atoms with Crippen LogP contribution in [0.1, 0.15) is 0 Å². The Hall–Kier alpha value is -2.20. The highest BCUT2D eigenvalue weighted by atomic mass is 17.1. The third kappa shape index (κ3) is 1.36. The highest BCUT2D eigenvalue weighted by Gasteiger charge is 2.10. The zero-order valence-electron chi connectivity index (χ0n) is 8.29. The van der Waals surface area contributed by atoms with Crippen LogP contribution in [-0.4, -0.2) is 5.26 Å². The van der Waals surface area contributed by atoms with Crippen molar-refractivity contribution in [2.75, 3.05) is 0 Å². The second-order valence-corrected chi connectivity index (χ2v) is 3.52. The zero-order valence-corrected chi connectivity index (χ0v) is 8.29. The minimum Gasteiger partial charge on any atom is -0.340 e. The fraction of sp³-hybridized carbons (Fsp3) is 0. The summed E-state index contributed by atoms with van der Waals surface area (Å²) in [5.41, 5.74) is 3.79. The summed E-state index contributed by atoms with van der Waals surface area (Å²) >= 11 is 0. The maximum absolute atomic E-state index is 8.47. The molecule has 2 bridgehead atoms. The van der Waals surface area contributed by atoms with Crippen LogP contribution in [0.15, 0.2) is 52.7 Å². The molecule has 1 heterocycles. The first-order chi connectivity index (χ1) is 7.86. The summed E-state index contributed by atoms with van der Waals surface area (Å²) < 4.78 is 0. The molecule has 0 fully saturated rings. The third-order valence-electron chi connectivity index (χ3n) is 2.53. The number of rotatable bonds is 2. The van der Waals surface area contributed by atoms with Crippen LogP contribution in [0.3, 0.4) is 0 Å². The lowest BCUT2D eigenvalue weighted by Gasteiger charge is -2.03. The van der Waals surface area contributed by atoms with Gasteiger partial charge in [-0.25, -0.2) is 5.26 Å².